The molecule has 1 aliphatic carbocycles. The first-order valence-corrected chi connectivity index (χ1v) is 7.01. The molecule has 2 aromatic carbocycles. The Bertz CT molecular complexity index is 875. The number of benzene rings is 2. The summed E-state index contributed by atoms with van der Waals surface area (Å²) in [5.41, 5.74) is -0.284. The Labute approximate surface area is 171 Å². The predicted octanol–water partition coefficient (Wildman–Crippen LogP) is -4.83. The van der Waals surface area contributed by atoms with E-state index in [4.69, 9.17) is 0 Å². The number of ketones is 2. The van der Waals surface area contributed by atoms with Crippen molar-refractivity contribution in [1.82, 2.24) is 0 Å². The third kappa shape index (κ3) is 3.16. The van der Waals surface area contributed by atoms with E-state index in [9.17, 15) is 22.6 Å². The maximum Gasteiger partial charge on any atom is 1.00 e. The van der Waals surface area contributed by atoms with E-state index in [0.29, 0.717) is 0 Å². The van der Waals surface area contributed by atoms with Gasteiger partial charge in [0.15, 0.2) is 5.78 Å². The second-order valence-corrected chi connectivity index (χ2v) is 5.60. The summed E-state index contributed by atoms with van der Waals surface area (Å²) in [6.45, 7) is 0. The molecule has 0 aliphatic heterocycles. The maximum atomic E-state index is 12.3. The molecule has 0 atom stereocenters. The molecule has 0 radical (unpaired) electrons. The van der Waals surface area contributed by atoms with E-state index in [-0.39, 0.29) is 81.4 Å². The fourth-order valence-electron chi connectivity index (χ4n) is 2.25. The Morgan fingerprint density at radius 1 is 0.909 bits per heavy atom. The van der Waals surface area contributed by atoms with Crippen LogP contribution in [0.3, 0.4) is 0 Å². The average Bonchev–Trinajstić information content (AvgIpc) is 2.43. The van der Waals surface area contributed by atoms with E-state index in [1.54, 1.807) is 0 Å². The molecule has 100 valence electrons. The Balaban J connectivity index is 0.00000121. The number of carbonyl (C=O) groups is 2. The summed E-state index contributed by atoms with van der Waals surface area (Å²) in [7, 11) is -4.84. The third-order valence-electron chi connectivity index (χ3n) is 3.10. The quantitative estimate of drug-likeness (QED) is 0.253. The van der Waals surface area contributed by atoms with Gasteiger partial charge in [0.05, 0.1) is 4.90 Å². The van der Waals surface area contributed by atoms with Gasteiger partial charge in [0.2, 0.25) is 0 Å². The smallest absolute Gasteiger partial charge is 0.744 e. The Hall–Kier alpha value is -0.310. The molecule has 0 N–H and O–H groups in total. The van der Waals surface area contributed by atoms with Gasteiger partial charge in [0, 0.05) is 5.56 Å². The number of hydrogen-bond donors (Lipinski definition) is 0. The fraction of sp³-hybridized carbons (Fsp3) is 0. The van der Waals surface area contributed by atoms with Gasteiger partial charge in [0.1, 0.15) is 15.9 Å². The van der Waals surface area contributed by atoms with Crippen LogP contribution >= 0.6 is 0 Å². The maximum absolute atomic E-state index is 12.3. The number of fused-ring (bicyclic) bond motifs is 2. The van der Waals surface area contributed by atoms with Crippen LogP contribution in [0.1, 0.15) is 31.8 Å². The zero-order valence-electron chi connectivity index (χ0n) is 11.9. The minimum atomic E-state index is -4.84. The van der Waals surface area contributed by atoms with Gasteiger partial charge in [-0.25, -0.2) is 8.42 Å². The van der Waals surface area contributed by atoms with Crippen LogP contribution in [0.5, 0.6) is 0 Å². The molecule has 2 aromatic rings. The van der Waals surface area contributed by atoms with Crippen LogP contribution in [-0.2, 0) is 10.1 Å². The predicted molar refractivity (Wildman–Crippen MR) is 66.5 cm³/mol. The normalized spacial score (nSPS) is 12.6. The van der Waals surface area contributed by atoms with Gasteiger partial charge in [-0.05, 0) is 11.6 Å². The average molecular weight is 332 g/mol. The van der Waals surface area contributed by atoms with Crippen LogP contribution in [0, 0.1) is 6.07 Å². The van der Waals surface area contributed by atoms with Crippen LogP contribution in [0.4, 0.5) is 0 Å². The van der Waals surface area contributed by atoms with E-state index >= 15 is 0 Å². The topological polar surface area (TPSA) is 91.3 Å². The third-order valence-corrected chi connectivity index (χ3v) is 3.97. The second-order valence-electron chi connectivity index (χ2n) is 4.25. The van der Waals surface area contributed by atoms with Gasteiger partial charge in [-0.3, -0.25) is 4.79 Å². The molecule has 5 nitrogen and oxygen atoms in total. The molecular formula is C14H6Na2O5S. The number of hydrogen-bond acceptors (Lipinski definition) is 5. The summed E-state index contributed by atoms with van der Waals surface area (Å²) in [5, 5.41) is 0. The molecule has 0 spiro atoms. The Morgan fingerprint density at radius 2 is 1.55 bits per heavy atom. The first-order valence-electron chi connectivity index (χ1n) is 5.60. The van der Waals surface area contributed by atoms with E-state index in [2.05, 4.69) is 6.07 Å². The van der Waals surface area contributed by atoms with Crippen LogP contribution in [0.2, 0.25) is 0 Å². The molecule has 1 aliphatic rings. The molecule has 0 heterocycles. The molecule has 3 rings (SSSR count). The summed E-state index contributed by atoms with van der Waals surface area (Å²) in [5.74, 6) is -1.16. The van der Waals surface area contributed by atoms with Crippen molar-refractivity contribution in [2.45, 2.75) is 4.90 Å². The van der Waals surface area contributed by atoms with Gasteiger partial charge in [-0.1, -0.05) is 23.3 Å². The molecule has 0 aromatic heterocycles. The fourth-order valence-corrected chi connectivity index (χ4v) is 2.94. The van der Waals surface area contributed by atoms with Gasteiger partial charge >= 0.3 is 59.1 Å². The summed E-state index contributed by atoms with van der Waals surface area (Å²) < 4.78 is 33.7. The van der Waals surface area contributed by atoms with Crippen LogP contribution in [-0.4, -0.2) is 24.5 Å². The van der Waals surface area contributed by atoms with Crippen molar-refractivity contribution in [2.24, 2.45) is 0 Å². The minimum Gasteiger partial charge on any atom is -0.744 e. The van der Waals surface area contributed by atoms with E-state index in [1.165, 1.54) is 30.3 Å². The van der Waals surface area contributed by atoms with Crippen molar-refractivity contribution in [2.75, 3.05) is 0 Å². The van der Waals surface area contributed by atoms with Gasteiger partial charge in [-0.15, -0.1) is 24.3 Å². The summed E-state index contributed by atoms with van der Waals surface area (Å²) >= 11 is 0. The van der Waals surface area contributed by atoms with Crippen molar-refractivity contribution >= 4 is 21.7 Å². The zero-order chi connectivity index (χ0) is 14.5. The largest absolute Gasteiger partial charge is 1.00 e. The Kier molecular flexibility index (Phi) is 6.34. The SMILES string of the molecule is O=C1c2[c-]cccc2C(=O)c2c1cccc2S(=O)(=O)[O-].[Na+].[Na+]. The molecule has 0 amide bonds. The molecule has 0 saturated carbocycles. The van der Waals surface area contributed by atoms with E-state index < -0.39 is 26.6 Å². The van der Waals surface area contributed by atoms with Gasteiger partial charge < -0.3 is 9.35 Å². The second kappa shape index (κ2) is 7.07. The molecule has 22 heavy (non-hydrogen) atoms. The Morgan fingerprint density at radius 3 is 2.18 bits per heavy atom. The summed E-state index contributed by atoms with van der Waals surface area (Å²) in [6, 6.07) is 10.7. The van der Waals surface area contributed by atoms with Crippen molar-refractivity contribution in [3.63, 3.8) is 0 Å². The molecule has 8 heteroatoms. The van der Waals surface area contributed by atoms with Gasteiger partial charge in [0.25, 0.3) is 0 Å². The standard InChI is InChI=1S/C14H7O5S.2Na/c15-13-8-4-1-2-5-9(8)14(16)12-10(13)6-3-7-11(12)20(17,18)19;;/h1-3,5-7H,(H,17,18,19);;/q-1;2*+1/p-1. The number of carbonyl (C=O) groups excluding carboxylic acids is 2. The molecule has 0 bridgehead atoms. The minimum absolute atomic E-state index is 0. The first kappa shape index (κ1) is 19.7. The van der Waals surface area contributed by atoms with Crippen LogP contribution < -0.4 is 59.1 Å². The number of rotatable bonds is 1. The van der Waals surface area contributed by atoms with Crippen LogP contribution in [0.25, 0.3) is 0 Å². The molecular weight excluding hydrogens is 326 g/mol. The monoisotopic (exact) mass is 332 g/mol. The van der Waals surface area contributed by atoms with Crippen molar-refractivity contribution < 1.29 is 81.7 Å². The first-order chi connectivity index (χ1) is 9.41. The molecule has 0 saturated heterocycles. The van der Waals surface area contributed by atoms with E-state index in [1.807, 2.05) is 0 Å². The van der Waals surface area contributed by atoms with Crippen LogP contribution in [0.15, 0.2) is 41.3 Å². The van der Waals surface area contributed by atoms with E-state index in [0.717, 1.165) is 6.07 Å². The van der Waals surface area contributed by atoms with Crippen molar-refractivity contribution in [1.29, 1.82) is 0 Å². The van der Waals surface area contributed by atoms with Crippen molar-refractivity contribution in [3.8, 4) is 0 Å². The molecule has 0 unspecified atom stereocenters. The summed E-state index contributed by atoms with van der Waals surface area (Å²) in [4.78, 5) is 23.9. The van der Waals surface area contributed by atoms with Gasteiger partial charge in [-0.2, -0.15) is 0 Å². The zero-order valence-corrected chi connectivity index (χ0v) is 16.7. The molecule has 0 fully saturated rings. The summed E-state index contributed by atoms with van der Waals surface area (Å²) in [6.07, 6.45) is 0. The van der Waals surface area contributed by atoms with Crippen molar-refractivity contribution in [3.05, 3.63) is 64.7 Å².